The number of nitrogens with one attached hydrogen (secondary N) is 4. The smallest absolute Gasteiger partial charge is 0.326 e. The molecule has 0 aliphatic carbocycles. The van der Waals surface area contributed by atoms with Gasteiger partial charge < -0.3 is 30.9 Å². The van der Waals surface area contributed by atoms with Crippen molar-refractivity contribution in [3.63, 3.8) is 0 Å². The number of carboxylic acids is 1. The van der Waals surface area contributed by atoms with Gasteiger partial charge in [-0.15, -0.1) is 0 Å². The fourth-order valence-electron chi connectivity index (χ4n) is 5.72. The maximum atomic E-state index is 13.8. The summed E-state index contributed by atoms with van der Waals surface area (Å²) < 4.78 is 0. The van der Waals surface area contributed by atoms with Crippen molar-refractivity contribution in [1.29, 1.82) is 0 Å². The van der Waals surface area contributed by atoms with Crippen molar-refractivity contribution >= 4 is 34.6 Å². The molecule has 3 amide bonds. The van der Waals surface area contributed by atoms with E-state index < -0.39 is 35.9 Å². The number of nitrogens with zero attached hydrogens (tertiary/aromatic N) is 1. The van der Waals surface area contributed by atoms with E-state index in [-0.39, 0.29) is 24.8 Å². The zero-order valence-corrected chi connectivity index (χ0v) is 22.3. The summed E-state index contributed by atoms with van der Waals surface area (Å²) in [5.74, 6) is -2.23. The number of fused-ring (bicyclic) bond motifs is 1. The molecule has 3 heterocycles. The van der Waals surface area contributed by atoms with Gasteiger partial charge in [0, 0.05) is 36.5 Å². The molecular formula is C30H35N5O5. The molecule has 5 rings (SSSR count). The molecule has 2 fully saturated rings. The molecular weight excluding hydrogens is 510 g/mol. The van der Waals surface area contributed by atoms with E-state index in [9.17, 15) is 24.3 Å². The van der Waals surface area contributed by atoms with Gasteiger partial charge in [0.15, 0.2) is 0 Å². The first-order valence-corrected chi connectivity index (χ1v) is 13.9. The number of aromatic amines is 1. The van der Waals surface area contributed by atoms with Crippen LogP contribution in [-0.2, 0) is 32.0 Å². The number of carbonyl (C=O) groups excluding carboxylic acids is 3. The Morgan fingerprint density at radius 1 is 0.925 bits per heavy atom. The van der Waals surface area contributed by atoms with Crippen LogP contribution in [0.3, 0.4) is 0 Å². The lowest BCUT2D eigenvalue weighted by Crippen LogP contribution is -2.58. The van der Waals surface area contributed by atoms with E-state index >= 15 is 0 Å². The lowest BCUT2D eigenvalue weighted by Gasteiger charge is -2.29. The van der Waals surface area contributed by atoms with Crippen molar-refractivity contribution in [3.8, 4) is 0 Å². The second-order valence-electron chi connectivity index (χ2n) is 10.6. The van der Waals surface area contributed by atoms with Gasteiger partial charge in [0.2, 0.25) is 17.7 Å². The van der Waals surface area contributed by atoms with Crippen molar-refractivity contribution in [2.75, 3.05) is 13.1 Å². The van der Waals surface area contributed by atoms with Gasteiger partial charge in [0.05, 0.1) is 6.04 Å². The number of rotatable bonds is 10. The summed E-state index contributed by atoms with van der Waals surface area (Å²) in [4.78, 5) is 57.0. The molecule has 0 saturated carbocycles. The number of H-pyrrole nitrogens is 1. The fourth-order valence-corrected chi connectivity index (χ4v) is 5.72. The summed E-state index contributed by atoms with van der Waals surface area (Å²) in [5, 5.41) is 19.6. The van der Waals surface area contributed by atoms with Gasteiger partial charge in [0.1, 0.15) is 18.1 Å². The summed E-state index contributed by atoms with van der Waals surface area (Å²) in [7, 11) is 0. The molecule has 3 aromatic rings. The molecule has 2 saturated heterocycles. The molecule has 0 spiro atoms. The van der Waals surface area contributed by atoms with Crippen molar-refractivity contribution in [2.24, 2.45) is 0 Å². The minimum atomic E-state index is -1.05. The van der Waals surface area contributed by atoms with Gasteiger partial charge in [0.25, 0.3) is 0 Å². The number of carboxylic acid groups (broad SMARTS) is 1. The first-order valence-electron chi connectivity index (χ1n) is 13.9. The molecule has 10 heteroatoms. The van der Waals surface area contributed by atoms with Crippen LogP contribution in [0.1, 0.15) is 36.8 Å². The minimum absolute atomic E-state index is 0.174. The minimum Gasteiger partial charge on any atom is -0.480 e. The Morgan fingerprint density at radius 3 is 2.45 bits per heavy atom. The van der Waals surface area contributed by atoms with Gasteiger partial charge in [-0.2, -0.15) is 0 Å². The van der Waals surface area contributed by atoms with Crippen molar-refractivity contribution in [3.05, 3.63) is 71.9 Å². The zero-order chi connectivity index (χ0) is 28.1. The molecule has 0 bridgehead atoms. The second-order valence-corrected chi connectivity index (χ2v) is 10.6. The zero-order valence-electron chi connectivity index (χ0n) is 22.3. The van der Waals surface area contributed by atoms with Gasteiger partial charge in [-0.3, -0.25) is 14.4 Å². The predicted molar refractivity (Wildman–Crippen MR) is 149 cm³/mol. The third-order valence-electron chi connectivity index (χ3n) is 7.83. The molecule has 1 aromatic heterocycles. The van der Waals surface area contributed by atoms with Crippen LogP contribution in [-0.4, -0.2) is 75.9 Å². The summed E-state index contributed by atoms with van der Waals surface area (Å²) in [6, 6.07) is 13.8. The molecule has 0 radical (unpaired) electrons. The van der Waals surface area contributed by atoms with Crippen LogP contribution in [0.15, 0.2) is 60.8 Å². The Hall–Kier alpha value is -4.18. The van der Waals surface area contributed by atoms with E-state index in [1.165, 1.54) is 4.90 Å². The van der Waals surface area contributed by atoms with Crippen LogP contribution >= 0.6 is 0 Å². The number of amides is 3. The molecule has 2 aliphatic heterocycles. The lowest BCUT2D eigenvalue weighted by molar-refractivity contribution is -0.149. The molecule has 2 aromatic carbocycles. The van der Waals surface area contributed by atoms with Gasteiger partial charge >= 0.3 is 5.97 Å². The molecule has 4 atom stereocenters. The first kappa shape index (κ1) is 27.4. The number of hydrogen-bond donors (Lipinski definition) is 5. The maximum Gasteiger partial charge on any atom is 0.326 e. The van der Waals surface area contributed by atoms with Gasteiger partial charge in [-0.05, 0) is 49.4 Å². The van der Waals surface area contributed by atoms with Crippen molar-refractivity contribution in [2.45, 2.75) is 62.7 Å². The summed E-state index contributed by atoms with van der Waals surface area (Å²) in [5.41, 5.74) is 2.60. The number of aromatic nitrogens is 1. The van der Waals surface area contributed by atoms with Gasteiger partial charge in [-0.1, -0.05) is 48.5 Å². The third-order valence-corrected chi connectivity index (χ3v) is 7.83. The van der Waals surface area contributed by atoms with Crippen LogP contribution in [0.5, 0.6) is 0 Å². The highest BCUT2D eigenvalue weighted by molar-refractivity contribution is 5.95. The standard InChI is InChI=1S/C30H35N5O5/c36-27(23-12-6-14-31-23)33-24(16-19-8-2-1-3-9-19)28(37)34-25(29(38)35-15-7-13-26(35)30(39)40)17-20-18-32-22-11-5-4-10-21(20)22/h1-5,8-11,18,23-26,31-32H,6-7,12-17H2,(H,33,36)(H,34,37)(H,39,40). The van der Waals surface area contributed by atoms with E-state index in [1.54, 1.807) is 0 Å². The molecule has 10 nitrogen and oxygen atoms in total. The van der Waals surface area contributed by atoms with Gasteiger partial charge in [-0.25, -0.2) is 4.79 Å². The highest BCUT2D eigenvalue weighted by atomic mass is 16.4. The number of benzene rings is 2. The lowest BCUT2D eigenvalue weighted by atomic mass is 10.0. The average molecular weight is 546 g/mol. The normalized spacial score (nSPS) is 20.2. The number of hydrogen-bond acceptors (Lipinski definition) is 5. The number of carbonyl (C=O) groups is 4. The number of aliphatic carboxylic acids is 1. The van der Waals surface area contributed by atoms with E-state index in [0.29, 0.717) is 25.8 Å². The Kier molecular flexibility index (Phi) is 8.45. The quantitative estimate of drug-likeness (QED) is 0.263. The average Bonchev–Trinajstić information content (AvgIpc) is 3.74. The molecule has 5 N–H and O–H groups in total. The first-order chi connectivity index (χ1) is 19.4. The fraction of sp³-hybridized carbons (Fsp3) is 0.400. The van der Waals surface area contributed by atoms with Crippen LogP contribution in [0.4, 0.5) is 0 Å². The van der Waals surface area contributed by atoms with E-state index in [0.717, 1.165) is 35.0 Å². The topological polar surface area (TPSA) is 144 Å². The van der Waals surface area contributed by atoms with Crippen molar-refractivity contribution in [1.82, 2.24) is 25.8 Å². The number of likely N-dealkylation sites (tertiary alicyclic amines) is 1. The Morgan fingerprint density at radius 2 is 1.70 bits per heavy atom. The summed E-state index contributed by atoms with van der Waals surface area (Å²) in [6.07, 6.45) is 4.76. The van der Waals surface area contributed by atoms with Crippen LogP contribution in [0, 0.1) is 0 Å². The highest BCUT2D eigenvalue weighted by Gasteiger charge is 2.39. The highest BCUT2D eigenvalue weighted by Crippen LogP contribution is 2.23. The Labute approximate surface area is 232 Å². The largest absolute Gasteiger partial charge is 0.480 e. The molecule has 2 aliphatic rings. The van der Waals surface area contributed by atoms with Crippen LogP contribution < -0.4 is 16.0 Å². The predicted octanol–water partition coefficient (Wildman–Crippen LogP) is 1.75. The van der Waals surface area contributed by atoms with E-state index in [4.69, 9.17) is 0 Å². The van der Waals surface area contributed by atoms with Crippen LogP contribution in [0.2, 0.25) is 0 Å². The Balaban J connectivity index is 1.41. The monoisotopic (exact) mass is 545 g/mol. The second kappa shape index (κ2) is 12.3. The molecule has 40 heavy (non-hydrogen) atoms. The molecule has 210 valence electrons. The summed E-state index contributed by atoms with van der Waals surface area (Å²) >= 11 is 0. The maximum absolute atomic E-state index is 13.8. The third kappa shape index (κ3) is 6.17. The van der Waals surface area contributed by atoms with E-state index in [1.807, 2.05) is 60.8 Å². The number of para-hydroxylation sites is 1. The Bertz CT molecular complexity index is 1370. The van der Waals surface area contributed by atoms with E-state index in [2.05, 4.69) is 20.9 Å². The van der Waals surface area contributed by atoms with Crippen molar-refractivity contribution < 1.29 is 24.3 Å². The van der Waals surface area contributed by atoms with Crippen LogP contribution in [0.25, 0.3) is 10.9 Å². The molecule has 4 unspecified atom stereocenters. The SMILES string of the molecule is O=C(NC(Cc1ccccc1)C(=O)NC(Cc1c[nH]c2ccccc12)C(=O)N1CCCC1C(=O)O)C1CCCN1. The summed E-state index contributed by atoms with van der Waals surface area (Å²) in [6.45, 7) is 1.06.